The molecule has 1 saturated heterocycles. The second kappa shape index (κ2) is 24.9. The van der Waals surface area contributed by atoms with Gasteiger partial charge in [0.25, 0.3) is 0 Å². The summed E-state index contributed by atoms with van der Waals surface area (Å²) in [6.07, 6.45) is 1.51. The van der Waals surface area contributed by atoms with Crippen LogP contribution in [0.3, 0.4) is 0 Å². The van der Waals surface area contributed by atoms with E-state index < -0.39 is 60.2 Å². The number of likely N-dealkylation sites (tertiary alicyclic amines) is 1. The van der Waals surface area contributed by atoms with E-state index in [-0.39, 0.29) is 48.3 Å². The number of hydrogen-bond acceptors (Lipinski definition) is 9. The third-order valence-corrected chi connectivity index (χ3v) is 12.8. The van der Waals surface area contributed by atoms with E-state index in [9.17, 15) is 29.1 Å². The number of hydrogen-bond donors (Lipinski definition) is 4. The number of methoxy groups -OCH3 is 2. The molecular formula is C48H76N6O8. The van der Waals surface area contributed by atoms with Crippen molar-refractivity contribution in [1.82, 2.24) is 25.3 Å². The maximum absolute atomic E-state index is 14.6. The molecule has 2 aromatic carbocycles. The molecule has 0 bridgehead atoms. The number of rotatable bonds is 25. The van der Waals surface area contributed by atoms with Gasteiger partial charge in [-0.05, 0) is 67.3 Å². The molecule has 3 rings (SSSR count). The Morgan fingerprint density at radius 3 is 2.03 bits per heavy atom. The number of nitrogens with one attached hydrogen (secondary N) is 3. The van der Waals surface area contributed by atoms with Crippen LogP contribution in [0.5, 0.6) is 0 Å². The molecule has 0 spiro atoms. The molecule has 14 heteroatoms. The monoisotopic (exact) mass is 865 g/mol. The molecule has 0 radical (unpaired) electrons. The number of anilines is 1. The van der Waals surface area contributed by atoms with E-state index >= 15 is 0 Å². The van der Waals surface area contributed by atoms with Crippen molar-refractivity contribution in [2.45, 2.75) is 129 Å². The van der Waals surface area contributed by atoms with E-state index in [4.69, 9.17) is 9.47 Å². The number of amides is 4. The number of carboxylic acids is 1. The highest BCUT2D eigenvalue weighted by molar-refractivity contribution is 5.90. The Hall–Kier alpha value is -4.53. The first-order valence-corrected chi connectivity index (χ1v) is 22.4. The van der Waals surface area contributed by atoms with Crippen LogP contribution in [0.1, 0.15) is 85.3 Å². The Balaban J connectivity index is 1.76. The van der Waals surface area contributed by atoms with Crippen LogP contribution in [-0.2, 0) is 46.3 Å². The Morgan fingerprint density at radius 1 is 0.855 bits per heavy atom. The molecule has 62 heavy (non-hydrogen) atoms. The number of nitrogens with zero attached hydrogens (tertiary/aromatic N) is 3. The van der Waals surface area contributed by atoms with Crippen molar-refractivity contribution in [3.63, 3.8) is 0 Å². The van der Waals surface area contributed by atoms with Gasteiger partial charge in [0.2, 0.25) is 23.6 Å². The van der Waals surface area contributed by atoms with Gasteiger partial charge < -0.3 is 40.3 Å². The predicted octanol–water partition coefficient (Wildman–Crippen LogP) is 5.10. The van der Waals surface area contributed by atoms with Crippen molar-refractivity contribution in [3.05, 3.63) is 65.7 Å². The molecule has 4 unspecified atom stereocenters. The number of benzene rings is 2. The van der Waals surface area contributed by atoms with E-state index in [1.165, 1.54) is 12.7 Å². The van der Waals surface area contributed by atoms with Gasteiger partial charge in [0.1, 0.15) is 12.1 Å². The summed E-state index contributed by atoms with van der Waals surface area (Å²) in [5.41, 5.74) is 2.98. The molecule has 0 aromatic heterocycles. The summed E-state index contributed by atoms with van der Waals surface area (Å²) in [5.74, 6) is -3.34. The van der Waals surface area contributed by atoms with Crippen molar-refractivity contribution in [1.29, 1.82) is 0 Å². The average Bonchev–Trinajstić information content (AvgIpc) is 3.74. The standard InChI is InChI=1S/C48H76N6O8/c1-13-32(6)43(53(10)47(58)41(30(2)3)51-46(57)42(31(4)5)52(9)27-25-34-21-23-36(49-8)24-22-34)39(61-11)29-40(55)54-26-17-20-38(54)44(62-12)33(7)45(56)50-37(48(59)60)28-35-18-15-14-16-19-35/h14-16,18-19,21-24,30-33,37-39,41-44,49H,13,17,20,25-29H2,1-12H3,(H,50,56)(H,51,57)(H,59,60)/t32-,33+,37?,38?,39+,41?,42?,43-,44+/m0/s1. The van der Waals surface area contributed by atoms with E-state index in [2.05, 4.69) is 33.0 Å². The fourth-order valence-electron chi connectivity index (χ4n) is 8.93. The van der Waals surface area contributed by atoms with Crippen molar-refractivity contribution >= 4 is 35.3 Å². The van der Waals surface area contributed by atoms with Crippen LogP contribution in [0.15, 0.2) is 54.6 Å². The average molecular weight is 865 g/mol. The van der Waals surface area contributed by atoms with Crippen molar-refractivity contribution in [2.24, 2.45) is 23.7 Å². The molecule has 2 aromatic rings. The highest BCUT2D eigenvalue weighted by atomic mass is 16.5. The minimum absolute atomic E-state index is 0.0187. The fraction of sp³-hybridized carbons (Fsp3) is 0.646. The molecule has 9 atom stereocenters. The molecule has 346 valence electrons. The minimum atomic E-state index is -1.14. The van der Waals surface area contributed by atoms with Crippen LogP contribution in [0.2, 0.25) is 0 Å². The number of ether oxygens (including phenoxy) is 2. The Kier molecular flexibility index (Phi) is 20.8. The number of likely N-dealkylation sites (N-methyl/N-ethyl adjacent to an activating group) is 2. The summed E-state index contributed by atoms with van der Waals surface area (Å²) < 4.78 is 12.0. The lowest BCUT2D eigenvalue weighted by molar-refractivity contribution is -0.148. The lowest BCUT2D eigenvalue weighted by Crippen LogP contribution is -2.60. The van der Waals surface area contributed by atoms with Gasteiger partial charge in [0, 0.05) is 53.5 Å². The molecule has 0 aliphatic carbocycles. The molecular weight excluding hydrogens is 789 g/mol. The summed E-state index contributed by atoms with van der Waals surface area (Å²) >= 11 is 0. The van der Waals surface area contributed by atoms with Gasteiger partial charge >= 0.3 is 5.97 Å². The lowest BCUT2D eigenvalue weighted by atomic mass is 9.89. The quantitative estimate of drug-likeness (QED) is 0.105. The molecule has 0 saturated carbocycles. The first-order chi connectivity index (χ1) is 29.4. The van der Waals surface area contributed by atoms with Crippen LogP contribution in [0.4, 0.5) is 5.69 Å². The molecule has 1 fully saturated rings. The zero-order chi connectivity index (χ0) is 46.3. The van der Waals surface area contributed by atoms with Gasteiger partial charge in [-0.15, -0.1) is 0 Å². The van der Waals surface area contributed by atoms with Crippen LogP contribution in [-0.4, -0.2) is 140 Å². The Morgan fingerprint density at radius 2 is 1.50 bits per heavy atom. The number of carbonyl (C=O) groups is 5. The third-order valence-electron chi connectivity index (χ3n) is 12.8. The number of carboxylic acid groups (broad SMARTS) is 1. The highest BCUT2D eigenvalue weighted by Crippen LogP contribution is 2.30. The SMILES string of the molecule is CC[C@H](C)[C@@H]([C@@H](CC(=O)N1CCCC1[C@H](OC)[C@@H](C)C(=O)NC(Cc1ccccc1)C(=O)O)OC)N(C)C(=O)C(NC(=O)C(C(C)C)N(C)CCc1ccc(NC)cc1)C(C)C. The molecule has 4 amide bonds. The molecule has 1 aliphatic heterocycles. The summed E-state index contributed by atoms with van der Waals surface area (Å²) in [4.78, 5) is 74.2. The van der Waals surface area contributed by atoms with Crippen LogP contribution in [0.25, 0.3) is 0 Å². The van der Waals surface area contributed by atoms with Crippen molar-refractivity contribution < 1.29 is 38.6 Å². The highest BCUT2D eigenvalue weighted by Gasteiger charge is 2.43. The maximum atomic E-state index is 14.6. The van der Waals surface area contributed by atoms with Gasteiger partial charge in [-0.3, -0.25) is 24.1 Å². The molecule has 14 nitrogen and oxygen atoms in total. The van der Waals surface area contributed by atoms with Gasteiger partial charge in [-0.25, -0.2) is 4.79 Å². The zero-order valence-corrected chi connectivity index (χ0v) is 39.4. The predicted molar refractivity (Wildman–Crippen MR) is 244 cm³/mol. The minimum Gasteiger partial charge on any atom is -0.480 e. The van der Waals surface area contributed by atoms with E-state index in [0.717, 1.165) is 17.7 Å². The molecule has 1 aliphatic rings. The van der Waals surface area contributed by atoms with E-state index in [1.54, 1.807) is 30.9 Å². The first-order valence-electron chi connectivity index (χ1n) is 22.4. The van der Waals surface area contributed by atoms with Gasteiger partial charge in [0.15, 0.2) is 0 Å². The largest absolute Gasteiger partial charge is 0.480 e. The van der Waals surface area contributed by atoms with Gasteiger partial charge in [0.05, 0.1) is 42.7 Å². The second-order valence-corrected chi connectivity index (χ2v) is 17.8. The van der Waals surface area contributed by atoms with Crippen LogP contribution >= 0.6 is 0 Å². The maximum Gasteiger partial charge on any atom is 0.326 e. The van der Waals surface area contributed by atoms with Gasteiger partial charge in [-0.1, -0.05) is 97.4 Å². The number of carbonyl (C=O) groups excluding carboxylic acids is 4. The molecule has 1 heterocycles. The zero-order valence-electron chi connectivity index (χ0n) is 39.4. The lowest BCUT2D eigenvalue weighted by Gasteiger charge is -2.41. The molecule has 4 N–H and O–H groups in total. The van der Waals surface area contributed by atoms with Crippen LogP contribution in [0, 0.1) is 23.7 Å². The van der Waals surface area contributed by atoms with Crippen molar-refractivity contribution in [2.75, 3.05) is 53.8 Å². The van der Waals surface area contributed by atoms with Crippen molar-refractivity contribution in [3.8, 4) is 0 Å². The fourth-order valence-corrected chi connectivity index (χ4v) is 8.93. The first kappa shape index (κ1) is 51.8. The Bertz CT molecular complexity index is 1730. The van der Waals surface area contributed by atoms with E-state index in [0.29, 0.717) is 32.4 Å². The topological polar surface area (TPSA) is 170 Å². The third kappa shape index (κ3) is 14.0. The summed E-state index contributed by atoms with van der Waals surface area (Å²) in [7, 11) is 8.61. The summed E-state index contributed by atoms with van der Waals surface area (Å²) in [6.45, 7) is 14.7. The Labute approximate surface area is 370 Å². The van der Waals surface area contributed by atoms with E-state index in [1.807, 2.05) is 98.1 Å². The summed E-state index contributed by atoms with van der Waals surface area (Å²) in [5, 5.41) is 18.9. The van der Waals surface area contributed by atoms with Gasteiger partial charge in [-0.2, -0.15) is 0 Å². The van der Waals surface area contributed by atoms with Crippen LogP contribution < -0.4 is 16.0 Å². The smallest absolute Gasteiger partial charge is 0.326 e. The number of aliphatic carboxylic acids is 1. The second-order valence-electron chi connectivity index (χ2n) is 17.8. The summed E-state index contributed by atoms with van der Waals surface area (Å²) in [6, 6.07) is 14.0. The normalized spacial score (nSPS) is 18.0.